The highest BCUT2D eigenvalue weighted by Gasteiger charge is 2.21. The van der Waals surface area contributed by atoms with Crippen LogP contribution in [0.5, 0.6) is 5.75 Å². The van der Waals surface area contributed by atoms with Crippen LogP contribution in [0.25, 0.3) is 0 Å². The number of hydrogen-bond donors (Lipinski definition) is 1. The number of nitrogens with one attached hydrogen (secondary N) is 1. The largest absolute Gasteiger partial charge is 0.490 e. The Hall–Kier alpha value is -2.44. The van der Waals surface area contributed by atoms with Gasteiger partial charge in [0.2, 0.25) is 0 Å². The fraction of sp³-hybridized carbons (Fsp3) is 0.455. The zero-order valence-corrected chi connectivity index (χ0v) is 16.6. The standard InChI is InChI=1S/C22H29N3O3/c1-17(16-27-2)24-22(26)18-6-8-20(9-7-18)28-21-10-13-25(14-11-21)15-19-5-3-4-12-23-19/h3-9,12,17,21H,10-11,13-16H2,1-2H3,(H,24,26)/t17-/m0/s1. The van der Waals surface area contributed by atoms with Crippen LogP contribution in [0.1, 0.15) is 35.8 Å². The SMILES string of the molecule is COC[C@H](C)NC(=O)c1ccc(OC2CCN(Cc3ccccn3)CC2)cc1. The summed E-state index contributed by atoms with van der Waals surface area (Å²) in [6.45, 7) is 5.29. The van der Waals surface area contributed by atoms with Crippen LogP contribution >= 0.6 is 0 Å². The molecule has 0 aliphatic carbocycles. The normalized spacial score (nSPS) is 16.5. The molecular weight excluding hydrogens is 354 g/mol. The number of carbonyl (C=O) groups is 1. The zero-order chi connectivity index (χ0) is 19.8. The van der Waals surface area contributed by atoms with Crippen LogP contribution in [0, 0.1) is 0 Å². The lowest BCUT2D eigenvalue weighted by Crippen LogP contribution is -2.38. The molecule has 0 bridgehead atoms. The molecule has 1 aromatic heterocycles. The van der Waals surface area contributed by atoms with Crippen molar-refractivity contribution in [2.75, 3.05) is 26.8 Å². The number of methoxy groups -OCH3 is 1. The van der Waals surface area contributed by atoms with Crippen molar-refractivity contribution < 1.29 is 14.3 Å². The van der Waals surface area contributed by atoms with Crippen LogP contribution in [-0.2, 0) is 11.3 Å². The molecule has 1 aromatic carbocycles. The molecular formula is C22H29N3O3. The van der Waals surface area contributed by atoms with Gasteiger partial charge in [-0.15, -0.1) is 0 Å². The number of aromatic nitrogens is 1. The van der Waals surface area contributed by atoms with Gasteiger partial charge < -0.3 is 14.8 Å². The summed E-state index contributed by atoms with van der Waals surface area (Å²) >= 11 is 0. The van der Waals surface area contributed by atoms with E-state index in [1.165, 1.54) is 0 Å². The predicted octanol–water partition coefficient (Wildman–Crippen LogP) is 2.89. The van der Waals surface area contributed by atoms with Crippen LogP contribution in [0.4, 0.5) is 0 Å². The van der Waals surface area contributed by atoms with Crippen molar-refractivity contribution >= 4 is 5.91 Å². The van der Waals surface area contributed by atoms with Gasteiger partial charge in [-0.1, -0.05) is 6.07 Å². The van der Waals surface area contributed by atoms with Crippen LogP contribution in [-0.4, -0.2) is 54.7 Å². The Balaban J connectivity index is 1.44. The van der Waals surface area contributed by atoms with Gasteiger partial charge in [-0.3, -0.25) is 14.7 Å². The van der Waals surface area contributed by atoms with Gasteiger partial charge in [-0.2, -0.15) is 0 Å². The number of likely N-dealkylation sites (tertiary alicyclic amines) is 1. The number of carbonyl (C=O) groups excluding carboxylic acids is 1. The Morgan fingerprint density at radius 3 is 2.61 bits per heavy atom. The summed E-state index contributed by atoms with van der Waals surface area (Å²) in [5, 5.41) is 2.91. The zero-order valence-electron chi connectivity index (χ0n) is 16.6. The molecule has 0 spiro atoms. The Bertz CT molecular complexity index is 728. The van der Waals surface area contributed by atoms with Gasteiger partial charge in [0.05, 0.1) is 12.3 Å². The molecule has 0 unspecified atom stereocenters. The molecule has 6 heteroatoms. The highest BCUT2D eigenvalue weighted by atomic mass is 16.5. The number of rotatable bonds is 8. The van der Waals surface area contributed by atoms with Crippen molar-refractivity contribution in [2.24, 2.45) is 0 Å². The van der Waals surface area contributed by atoms with E-state index in [0.717, 1.165) is 43.9 Å². The van der Waals surface area contributed by atoms with Gasteiger partial charge in [0.1, 0.15) is 11.9 Å². The fourth-order valence-electron chi connectivity index (χ4n) is 3.38. The maximum Gasteiger partial charge on any atom is 0.251 e. The lowest BCUT2D eigenvalue weighted by Gasteiger charge is -2.31. The van der Waals surface area contributed by atoms with Crippen molar-refractivity contribution in [2.45, 2.75) is 38.5 Å². The summed E-state index contributed by atoms with van der Waals surface area (Å²) in [6, 6.07) is 13.4. The fourth-order valence-corrected chi connectivity index (χ4v) is 3.38. The summed E-state index contributed by atoms with van der Waals surface area (Å²) in [6.07, 6.45) is 4.03. The molecule has 1 atom stereocenters. The minimum absolute atomic E-state index is 0.0234. The van der Waals surface area contributed by atoms with Crippen LogP contribution < -0.4 is 10.1 Å². The van der Waals surface area contributed by atoms with E-state index in [-0.39, 0.29) is 18.1 Å². The van der Waals surface area contributed by atoms with E-state index in [4.69, 9.17) is 9.47 Å². The first-order chi connectivity index (χ1) is 13.6. The van der Waals surface area contributed by atoms with E-state index in [1.54, 1.807) is 19.2 Å². The van der Waals surface area contributed by atoms with E-state index >= 15 is 0 Å². The maximum absolute atomic E-state index is 12.2. The summed E-state index contributed by atoms with van der Waals surface area (Å²) in [5.74, 6) is 0.712. The van der Waals surface area contributed by atoms with Crippen molar-refractivity contribution in [3.8, 4) is 5.75 Å². The van der Waals surface area contributed by atoms with E-state index in [9.17, 15) is 4.79 Å². The molecule has 0 saturated carbocycles. The molecule has 0 radical (unpaired) electrons. The predicted molar refractivity (Wildman–Crippen MR) is 108 cm³/mol. The number of amides is 1. The van der Waals surface area contributed by atoms with Gasteiger partial charge in [0.15, 0.2) is 0 Å². The van der Waals surface area contributed by atoms with Crippen molar-refractivity contribution in [3.63, 3.8) is 0 Å². The van der Waals surface area contributed by atoms with Gasteiger partial charge in [0, 0.05) is 44.5 Å². The maximum atomic E-state index is 12.2. The minimum Gasteiger partial charge on any atom is -0.490 e. The molecule has 1 aliphatic rings. The Labute approximate surface area is 166 Å². The van der Waals surface area contributed by atoms with Gasteiger partial charge in [-0.05, 0) is 56.2 Å². The summed E-state index contributed by atoms with van der Waals surface area (Å²) in [5.41, 5.74) is 1.73. The molecule has 6 nitrogen and oxygen atoms in total. The van der Waals surface area contributed by atoms with Crippen LogP contribution in [0.3, 0.4) is 0 Å². The average Bonchev–Trinajstić information content (AvgIpc) is 2.71. The molecule has 3 rings (SSSR count). The van der Waals surface area contributed by atoms with Crippen molar-refractivity contribution in [1.29, 1.82) is 0 Å². The molecule has 28 heavy (non-hydrogen) atoms. The molecule has 1 amide bonds. The quantitative estimate of drug-likeness (QED) is 0.759. The van der Waals surface area contributed by atoms with Crippen LogP contribution in [0.2, 0.25) is 0 Å². The first kappa shape index (κ1) is 20.3. The van der Waals surface area contributed by atoms with Crippen molar-refractivity contribution in [3.05, 3.63) is 59.9 Å². The smallest absolute Gasteiger partial charge is 0.251 e. The number of hydrogen-bond acceptors (Lipinski definition) is 5. The third-order valence-electron chi connectivity index (χ3n) is 4.86. The van der Waals surface area contributed by atoms with E-state index in [1.807, 2.05) is 37.4 Å². The molecule has 1 aliphatic heterocycles. The highest BCUT2D eigenvalue weighted by Crippen LogP contribution is 2.20. The van der Waals surface area contributed by atoms with Crippen molar-refractivity contribution in [1.82, 2.24) is 15.2 Å². The topological polar surface area (TPSA) is 63.7 Å². The second kappa shape index (κ2) is 10.2. The van der Waals surface area contributed by atoms with Gasteiger partial charge in [0.25, 0.3) is 5.91 Å². The number of pyridine rings is 1. The van der Waals surface area contributed by atoms with Gasteiger partial charge >= 0.3 is 0 Å². The molecule has 2 aromatic rings. The highest BCUT2D eigenvalue weighted by molar-refractivity contribution is 5.94. The second-order valence-corrected chi connectivity index (χ2v) is 7.27. The van der Waals surface area contributed by atoms with E-state index < -0.39 is 0 Å². The molecule has 2 heterocycles. The molecule has 1 N–H and O–H groups in total. The Morgan fingerprint density at radius 1 is 1.21 bits per heavy atom. The number of benzene rings is 1. The number of piperidine rings is 1. The minimum atomic E-state index is -0.0982. The average molecular weight is 383 g/mol. The molecule has 150 valence electrons. The third kappa shape index (κ3) is 6.04. The summed E-state index contributed by atoms with van der Waals surface area (Å²) in [7, 11) is 1.62. The summed E-state index contributed by atoms with van der Waals surface area (Å²) < 4.78 is 11.2. The molecule has 1 saturated heterocycles. The first-order valence-corrected chi connectivity index (χ1v) is 9.83. The lowest BCUT2D eigenvalue weighted by atomic mass is 10.1. The van der Waals surface area contributed by atoms with Gasteiger partial charge in [-0.25, -0.2) is 0 Å². The Kier molecular flexibility index (Phi) is 7.39. The first-order valence-electron chi connectivity index (χ1n) is 9.83. The van der Waals surface area contributed by atoms with E-state index in [0.29, 0.717) is 12.2 Å². The van der Waals surface area contributed by atoms with E-state index in [2.05, 4.69) is 21.3 Å². The monoisotopic (exact) mass is 383 g/mol. The Morgan fingerprint density at radius 2 is 1.96 bits per heavy atom. The second-order valence-electron chi connectivity index (χ2n) is 7.27. The lowest BCUT2D eigenvalue weighted by molar-refractivity contribution is 0.0904. The number of ether oxygens (including phenoxy) is 2. The summed E-state index contributed by atoms with van der Waals surface area (Å²) in [4.78, 5) is 19.0. The molecule has 1 fully saturated rings. The van der Waals surface area contributed by atoms with Crippen LogP contribution in [0.15, 0.2) is 48.7 Å². The number of nitrogens with zero attached hydrogens (tertiary/aromatic N) is 2. The third-order valence-corrected chi connectivity index (χ3v) is 4.86.